The second-order valence-corrected chi connectivity index (χ2v) is 7.44. The van der Waals surface area contributed by atoms with Gasteiger partial charge in [0, 0.05) is 10.7 Å². The highest BCUT2D eigenvalue weighted by Crippen LogP contribution is 2.14. The summed E-state index contributed by atoms with van der Waals surface area (Å²) in [5, 5.41) is 0. The maximum Gasteiger partial charge on any atom is 0.232 e. The number of hydrogen-bond acceptors (Lipinski definition) is 3. The summed E-state index contributed by atoms with van der Waals surface area (Å²) in [5.41, 5.74) is 1.32. The molecule has 0 aliphatic rings. The number of rotatable bonds is 9. The van der Waals surface area contributed by atoms with Gasteiger partial charge in [-0.2, -0.15) is 0 Å². The van der Waals surface area contributed by atoms with Gasteiger partial charge in [0.1, 0.15) is 5.75 Å². The molecule has 0 atom stereocenters. The summed E-state index contributed by atoms with van der Waals surface area (Å²) < 4.78 is 27.0. The third kappa shape index (κ3) is 8.11. The highest BCUT2D eigenvalue weighted by Gasteiger charge is 2.03. The smallest absolute Gasteiger partial charge is 0.232 e. The minimum atomic E-state index is -3.34. The van der Waals surface area contributed by atoms with Gasteiger partial charge in [0.25, 0.3) is 0 Å². The SMILES string of the molecule is CCCc1ccc(OCCCCCS(=O)(=O)Cl)cc1. The zero-order valence-corrected chi connectivity index (χ0v) is 12.8. The van der Waals surface area contributed by atoms with E-state index in [1.165, 1.54) is 5.56 Å². The molecule has 0 fully saturated rings. The Morgan fingerprint density at radius 2 is 1.79 bits per heavy atom. The van der Waals surface area contributed by atoms with Crippen molar-refractivity contribution in [2.45, 2.75) is 39.0 Å². The average molecular weight is 305 g/mol. The quantitative estimate of drug-likeness (QED) is 0.515. The fourth-order valence-electron chi connectivity index (χ4n) is 1.78. The molecule has 0 aliphatic carbocycles. The van der Waals surface area contributed by atoms with Crippen molar-refractivity contribution in [1.82, 2.24) is 0 Å². The van der Waals surface area contributed by atoms with Gasteiger partial charge in [0.05, 0.1) is 12.4 Å². The summed E-state index contributed by atoms with van der Waals surface area (Å²) in [6.45, 7) is 2.76. The largest absolute Gasteiger partial charge is 0.494 e. The molecule has 1 rings (SSSR count). The minimum absolute atomic E-state index is 0.0419. The number of aryl methyl sites for hydroxylation is 1. The fraction of sp³-hybridized carbons (Fsp3) is 0.571. The molecule has 19 heavy (non-hydrogen) atoms. The van der Waals surface area contributed by atoms with Crippen molar-refractivity contribution in [3.63, 3.8) is 0 Å². The first-order chi connectivity index (χ1) is 9.01. The van der Waals surface area contributed by atoms with Gasteiger partial charge in [-0.25, -0.2) is 8.42 Å². The molecule has 0 radical (unpaired) electrons. The van der Waals surface area contributed by atoms with E-state index >= 15 is 0 Å². The molecule has 0 amide bonds. The third-order valence-electron chi connectivity index (χ3n) is 2.76. The van der Waals surface area contributed by atoms with Crippen molar-refractivity contribution in [3.8, 4) is 5.75 Å². The monoisotopic (exact) mass is 304 g/mol. The van der Waals surface area contributed by atoms with E-state index < -0.39 is 9.05 Å². The molecular weight excluding hydrogens is 284 g/mol. The van der Waals surface area contributed by atoms with Crippen LogP contribution in [-0.4, -0.2) is 20.8 Å². The summed E-state index contributed by atoms with van der Waals surface area (Å²) in [7, 11) is 1.78. The average Bonchev–Trinajstić information content (AvgIpc) is 2.35. The number of unbranched alkanes of at least 4 members (excludes halogenated alkanes) is 2. The van der Waals surface area contributed by atoms with Crippen molar-refractivity contribution in [2.24, 2.45) is 0 Å². The lowest BCUT2D eigenvalue weighted by molar-refractivity contribution is 0.306. The molecular formula is C14H21ClO3S. The summed E-state index contributed by atoms with van der Waals surface area (Å²) in [6, 6.07) is 8.13. The van der Waals surface area contributed by atoms with Gasteiger partial charge in [-0.3, -0.25) is 0 Å². The van der Waals surface area contributed by atoms with Gasteiger partial charge < -0.3 is 4.74 Å². The van der Waals surface area contributed by atoms with Crippen LogP contribution in [-0.2, 0) is 15.5 Å². The Hall–Kier alpha value is -0.740. The van der Waals surface area contributed by atoms with Gasteiger partial charge in [0.15, 0.2) is 0 Å². The Morgan fingerprint density at radius 1 is 1.11 bits per heavy atom. The molecule has 1 aromatic rings. The van der Waals surface area contributed by atoms with E-state index in [2.05, 4.69) is 19.1 Å². The molecule has 0 unspecified atom stereocenters. The number of benzene rings is 1. The van der Waals surface area contributed by atoms with Crippen LogP contribution in [0.25, 0.3) is 0 Å². The first kappa shape index (κ1) is 16.3. The van der Waals surface area contributed by atoms with Gasteiger partial charge in [0.2, 0.25) is 9.05 Å². The Kier molecular flexibility index (Phi) is 7.24. The lowest BCUT2D eigenvalue weighted by Crippen LogP contribution is -2.00. The van der Waals surface area contributed by atoms with Gasteiger partial charge >= 0.3 is 0 Å². The maximum absolute atomic E-state index is 10.7. The van der Waals surface area contributed by atoms with Crippen LogP contribution in [0.3, 0.4) is 0 Å². The van der Waals surface area contributed by atoms with Crippen molar-refractivity contribution in [1.29, 1.82) is 0 Å². The van der Waals surface area contributed by atoms with E-state index in [1.807, 2.05) is 12.1 Å². The summed E-state index contributed by atoms with van der Waals surface area (Å²) >= 11 is 0. The first-order valence-corrected chi connectivity index (χ1v) is 9.13. The predicted octanol–water partition coefficient (Wildman–Crippen LogP) is 3.76. The summed E-state index contributed by atoms with van der Waals surface area (Å²) in [6.07, 6.45) is 4.46. The standard InChI is InChI=1S/C14H21ClO3S/c1-2-6-13-7-9-14(10-8-13)18-11-4-3-5-12-19(15,16)17/h7-10H,2-6,11-12H2,1H3. The molecule has 0 N–H and O–H groups in total. The molecule has 5 heteroatoms. The highest BCUT2D eigenvalue weighted by molar-refractivity contribution is 8.13. The van der Waals surface area contributed by atoms with Crippen LogP contribution >= 0.6 is 10.7 Å². The van der Waals surface area contributed by atoms with Crippen LogP contribution in [0.15, 0.2) is 24.3 Å². The molecule has 0 aromatic heterocycles. The lowest BCUT2D eigenvalue weighted by atomic mass is 10.1. The molecule has 0 aliphatic heterocycles. The molecule has 0 saturated heterocycles. The number of hydrogen-bond donors (Lipinski definition) is 0. The van der Waals surface area contributed by atoms with Crippen LogP contribution in [0.4, 0.5) is 0 Å². The van der Waals surface area contributed by atoms with Crippen molar-refractivity contribution in [2.75, 3.05) is 12.4 Å². The molecule has 3 nitrogen and oxygen atoms in total. The maximum atomic E-state index is 10.7. The normalized spacial score (nSPS) is 11.5. The second-order valence-electron chi connectivity index (χ2n) is 4.55. The van der Waals surface area contributed by atoms with Crippen LogP contribution in [0.5, 0.6) is 5.75 Å². The van der Waals surface area contributed by atoms with Crippen LogP contribution in [0, 0.1) is 0 Å². The minimum Gasteiger partial charge on any atom is -0.494 e. The van der Waals surface area contributed by atoms with E-state index in [4.69, 9.17) is 15.4 Å². The van der Waals surface area contributed by atoms with Crippen molar-refractivity contribution < 1.29 is 13.2 Å². The van der Waals surface area contributed by atoms with E-state index in [0.29, 0.717) is 13.0 Å². The van der Waals surface area contributed by atoms with E-state index in [9.17, 15) is 8.42 Å². The molecule has 0 saturated carbocycles. The number of ether oxygens (including phenoxy) is 1. The third-order valence-corrected chi connectivity index (χ3v) is 4.00. The Morgan fingerprint density at radius 3 is 2.37 bits per heavy atom. The highest BCUT2D eigenvalue weighted by atomic mass is 35.7. The van der Waals surface area contributed by atoms with Crippen molar-refractivity contribution in [3.05, 3.63) is 29.8 Å². The Labute approximate surface area is 120 Å². The van der Waals surface area contributed by atoms with Crippen molar-refractivity contribution >= 4 is 19.7 Å². The second kappa shape index (κ2) is 8.43. The summed E-state index contributed by atoms with van der Waals surface area (Å²) in [4.78, 5) is 0. The van der Waals surface area contributed by atoms with Gasteiger partial charge in [-0.05, 0) is 43.4 Å². The predicted molar refractivity (Wildman–Crippen MR) is 79.4 cm³/mol. The van der Waals surface area contributed by atoms with Gasteiger partial charge in [-0.1, -0.05) is 25.5 Å². The molecule has 0 bridgehead atoms. The van der Waals surface area contributed by atoms with E-state index in [-0.39, 0.29) is 5.75 Å². The van der Waals surface area contributed by atoms with Crippen LogP contribution in [0.1, 0.15) is 38.2 Å². The van der Waals surface area contributed by atoms with E-state index in [0.717, 1.165) is 31.4 Å². The molecule has 0 heterocycles. The van der Waals surface area contributed by atoms with Crippen LogP contribution in [0.2, 0.25) is 0 Å². The Balaban J connectivity index is 2.15. The molecule has 108 valence electrons. The molecule has 1 aromatic carbocycles. The number of halogens is 1. The zero-order valence-electron chi connectivity index (χ0n) is 11.3. The van der Waals surface area contributed by atoms with Crippen LogP contribution < -0.4 is 4.74 Å². The Bertz CT molecular complexity index is 454. The lowest BCUT2D eigenvalue weighted by Gasteiger charge is -2.06. The topological polar surface area (TPSA) is 43.4 Å². The first-order valence-electron chi connectivity index (χ1n) is 6.65. The zero-order chi connectivity index (χ0) is 14.1. The summed E-state index contributed by atoms with van der Waals surface area (Å²) in [5.74, 6) is 0.908. The fourth-order valence-corrected chi connectivity index (χ4v) is 2.66. The van der Waals surface area contributed by atoms with Gasteiger partial charge in [-0.15, -0.1) is 0 Å². The van der Waals surface area contributed by atoms with E-state index in [1.54, 1.807) is 0 Å². The molecule has 0 spiro atoms.